The topological polar surface area (TPSA) is 17.1 Å². The molecule has 18 heavy (non-hydrogen) atoms. The number of Topliss-reactive ketones (excluding diaryl/α,β-unsaturated/α-hetero) is 1. The van der Waals surface area contributed by atoms with Gasteiger partial charge in [-0.1, -0.05) is 24.4 Å². The van der Waals surface area contributed by atoms with E-state index < -0.39 is 5.82 Å². The smallest absolute Gasteiger partial charge is 0.169 e. The van der Waals surface area contributed by atoms with E-state index in [-0.39, 0.29) is 22.3 Å². The zero-order valence-corrected chi connectivity index (χ0v) is 12.1. The van der Waals surface area contributed by atoms with Gasteiger partial charge < -0.3 is 0 Å². The average Bonchev–Trinajstić information content (AvgIpc) is 3.10. The lowest BCUT2D eigenvalue weighted by molar-refractivity contribution is 0.0952. The highest BCUT2D eigenvalue weighted by Crippen LogP contribution is 2.56. The maximum atomic E-state index is 14.0. The van der Waals surface area contributed by atoms with Gasteiger partial charge in [-0.2, -0.15) is 0 Å². The molecule has 1 aromatic carbocycles. The molecule has 0 aromatic heterocycles. The van der Waals surface area contributed by atoms with Crippen molar-refractivity contribution in [2.75, 3.05) is 0 Å². The fourth-order valence-corrected chi connectivity index (χ4v) is 3.75. The van der Waals surface area contributed by atoms with Crippen molar-refractivity contribution in [3.8, 4) is 0 Å². The second-order valence-corrected chi connectivity index (χ2v) is 6.46. The van der Waals surface area contributed by atoms with E-state index in [0.29, 0.717) is 16.3 Å². The van der Waals surface area contributed by atoms with Crippen LogP contribution in [0.2, 0.25) is 5.02 Å². The van der Waals surface area contributed by atoms with Crippen molar-refractivity contribution in [3.63, 3.8) is 0 Å². The molecule has 4 heteroatoms. The highest BCUT2D eigenvalue weighted by Gasteiger charge is 2.54. The summed E-state index contributed by atoms with van der Waals surface area (Å²) in [6, 6.07) is 3.18. The summed E-state index contributed by atoms with van der Waals surface area (Å²) in [5.41, 5.74) is 0.155. The highest BCUT2D eigenvalue weighted by molar-refractivity contribution is 9.10. The number of fused-ring (bicyclic) bond motifs is 1. The Hall–Kier alpha value is -0.410. The van der Waals surface area contributed by atoms with E-state index in [1.165, 1.54) is 18.9 Å². The summed E-state index contributed by atoms with van der Waals surface area (Å²) in [6.07, 6.45) is 4.64. The fourth-order valence-electron chi connectivity index (χ4n) is 3.28. The normalized spacial score (nSPS) is 29.8. The molecule has 0 aliphatic heterocycles. The van der Waals surface area contributed by atoms with Crippen LogP contribution in [-0.4, -0.2) is 5.78 Å². The van der Waals surface area contributed by atoms with Crippen molar-refractivity contribution in [1.82, 2.24) is 0 Å². The summed E-state index contributed by atoms with van der Waals surface area (Å²) < 4.78 is 14.5. The fraction of sp³-hybridized carbons (Fsp3) is 0.500. The summed E-state index contributed by atoms with van der Waals surface area (Å²) in [4.78, 5) is 12.3. The van der Waals surface area contributed by atoms with Crippen LogP contribution in [-0.2, 0) is 0 Å². The van der Waals surface area contributed by atoms with Gasteiger partial charge in [-0.25, -0.2) is 4.39 Å². The molecule has 2 saturated carbocycles. The molecule has 0 bridgehead atoms. The Kier molecular flexibility index (Phi) is 3.23. The molecule has 0 heterocycles. The Bertz CT molecular complexity index is 505. The molecule has 2 aliphatic rings. The van der Waals surface area contributed by atoms with Gasteiger partial charge in [-0.3, -0.25) is 4.79 Å². The Morgan fingerprint density at radius 2 is 1.89 bits per heavy atom. The van der Waals surface area contributed by atoms with Crippen molar-refractivity contribution in [1.29, 1.82) is 0 Å². The van der Waals surface area contributed by atoms with Crippen LogP contribution < -0.4 is 0 Å². The third kappa shape index (κ3) is 1.92. The maximum absolute atomic E-state index is 14.0. The van der Waals surface area contributed by atoms with Gasteiger partial charge in [0.25, 0.3) is 0 Å². The molecule has 2 aliphatic carbocycles. The van der Waals surface area contributed by atoms with E-state index in [2.05, 4.69) is 15.9 Å². The van der Waals surface area contributed by atoms with Crippen molar-refractivity contribution >= 4 is 33.3 Å². The molecular formula is C14H13BrClFO. The van der Waals surface area contributed by atoms with Crippen LogP contribution in [0.25, 0.3) is 0 Å². The summed E-state index contributed by atoms with van der Waals surface area (Å²) in [7, 11) is 0. The standard InChI is InChI=1S/C14H13BrClFO/c15-10-6-5-9(13(17)12(10)16)14(18)11-7-3-1-2-4-8(7)11/h5-8,11H,1-4H2. The molecule has 2 atom stereocenters. The van der Waals surface area contributed by atoms with E-state index in [4.69, 9.17) is 11.6 Å². The lowest BCUT2D eigenvalue weighted by Gasteiger charge is -2.05. The van der Waals surface area contributed by atoms with Crippen LogP contribution in [0.5, 0.6) is 0 Å². The lowest BCUT2D eigenvalue weighted by Crippen LogP contribution is -2.07. The van der Waals surface area contributed by atoms with Crippen LogP contribution in [0, 0.1) is 23.6 Å². The number of carbonyl (C=O) groups excluding carboxylic acids is 1. The van der Waals surface area contributed by atoms with Gasteiger partial charge in [0.05, 0.1) is 10.6 Å². The number of benzene rings is 1. The molecule has 96 valence electrons. The maximum Gasteiger partial charge on any atom is 0.169 e. The molecule has 0 N–H and O–H groups in total. The first-order chi connectivity index (χ1) is 8.61. The monoisotopic (exact) mass is 330 g/mol. The molecule has 0 amide bonds. The zero-order chi connectivity index (χ0) is 12.9. The summed E-state index contributed by atoms with van der Waals surface area (Å²) in [5.74, 6) is 0.388. The summed E-state index contributed by atoms with van der Waals surface area (Å²) >= 11 is 8.99. The van der Waals surface area contributed by atoms with Gasteiger partial charge in [0.1, 0.15) is 0 Å². The minimum atomic E-state index is -0.584. The van der Waals surface area contributed by atoms with Gasteiger partial charge in [0, 0.05) is 10.4 Å². The first-order valence-electron chi connectivity index (χ1n) is 6.29. The number of hydrogen-bond donors (Lipinski definition) is 0. The number of rotatable bonds is 2. The Balaban J connectivity index is 1.88. The predicted octanol–water partition coefficient (Wildman–Crippen LogP) is 4.86. The number of hydrogen-bond acceptors (Lipinski definition) is 1. The Morgan fingerprint density at radius 3 is 2.50 bits per heavy atom. The van der Waals surface area contributed by atoms with Crippen molar-refractivity contribution in [3.05, 3.63) is 33.0 Å². The van der Waals surface area contributed by atoms with E-state index >= 15 is 0 Å². The Labute approximate surface area is 119 Å². The molecule has 2 unspecified atom stereocenters. The molecule has 1 aromatic rings. The van der Waals surface area contributed by atoms with Crippen LogP contribution >= 0.6 is 27.5 Å². The van der Waals surface area contributed by atoms with Crippen molar-refractivity contribution in [2.24, 2.45) is 17.8 Å². The van der Waals surface area contributed by atoms with Gasteiger partial charge in [-0.05, 0) is 52.7 Å². The van der Waals surface area contributed by atoms with Gasteiger partial charge in [0.15, 0.2) is 11.6 Å². The first kappa shape index (κ1) is 12.6. The van der Waals surface area contributed by atoms with Gasteiger partial charge in [-0.15, -0.1) is 0 Å². The largest absolute Gasteiger partial charge is 0.294 e. The molecule has 1 nitrogen and oxygen atoms in total. The molecule has 0 radical (unpaired) electrons. The molecule has 2 fully saturated rings. The quantitative estimate of drug-likeness (QED) is 0.558. The summed E-state index contributed by atoms with van der Waals surface area (Å²) in [5, 5.41) is 0.00414. The zero-order valence-electron chi connectivity index (χ0n) is 9.76. The van der Waals surface area contributed by atoms with Crippen molar-refractivity contribution in [2.45, 2.75) is 25.7 Å². The van der Waals surface area contributed by atoms with Crippen LogP contribution in [0.15, 0.2) is 16.6 Å². The first-order valence-corrected chi connectivity index (χ1v) is 7.46. The van der Waals surface area contributed by atoms with Crippen LogP contribution in [0.1, 0.15) is 36.0 Å². The molecule has 3 rings (SSSR count). The van der Waals surface area contributed by atoms with E-state index in [0.717, 1.165) is 12.8 Å². The third-order valence-electron chi connectivity index (χ3n) is 4.26. The number of halogens is 3. The highest BCUT2D eigenvalue weighted by atomic mass is 79.9. The number of ketones is 1. The SMILES string of the molecule is O=C(c1ccc(Br)c(Cl)c1F)C1C2CCCCC21. The third-order valence-corrected chi connectivity index (χ3v) is 5.52. The predicted molar refractivity (Wildman–Crippen MR) is 72.4 cm³/mol. The average molecular weight is 332 g/mol. The number of carbonyl (C=O) groups is 1. The minimum Gasteiger partial charge on any atom is -0.294 e. The molecular weight excluding hydrogens is 319 g/mol. The second kappa shape index (κ2) is 4.61. The van der Waals surface area contributed by atoms with Gasteiger partial charge in [0.2, 0.25) is 0 Å². The molecule has 0 spiro atoms. The van der Waals surface area contributed by atoms with Crippen LogP contribution in [0.3, 0.4) is 0 Å². The summed E-state index contributed by atoms with van der Waals surface area (Å²) in [6.45, 7) is 0. The molecule has 0 saturated heterocycles. The minimum absolute atomic E-state index is 0.00414. The lowest BCUT2D eigenvalue weighted by atomic mass is 10.0. The van der Waals surface area contributed by atoms with E-state index in [1.807, 2.05) is 0 Å². The van der Waals surface area contributed by atoms with Crippen LogP contribution in [0.4, 0.5) is 4.39 Å². The second-order valence-electron chi connectivity index (χ2n) is 5.23. The van der Waals surface area contributed by atoms with Crippen molar-refractivity contribution < 1.29 is 9.18 Å². The van der Waals surface area contributed by atoms with Gasteiger partial charge >= 0.3 is 0 Å². The Morgan fingerprint density at radius 1 is 1.28 bits per heavy atom. The van der Waals surface area contributed by atoms with E-state index in [1.54, 1.807) is 6.07 Å². The van der Waals surface area contributed by atoms with E-state index in [9.17, 15) is 9.18 Å².